The highest BCUT2D eigenvalue weighted by molar-refractivity contribution is 6.16. The van der Waals surface area contributed by atoms with E-state index in [1.807, 2.05) is 36.4 Å². The number of aromatic nitrogens is 4. The molecule has 0 fully saturated rings. The monoisotopic (exact) mass is 590 g/mol. The number of fused-ring (bicyclic) bond motifs is 9. The van der Waals surface area contributed by atoms with Gasteiger partial charge in [0.05, 0.1) is 11.2 Å². The van der Waals surface area contributed by atoms with Crippen LogP contribution in [0.5, 0.6) is 0 Å². The molecule has 9 rings (SSSR count). The average molecular weight is 591 g/mol. The number of rotatable bonds is 3. The van der Waals surface area contributed by atoms with E-state index in [0.717, 1.165) is 27.7 Å². The van der Waals surface area contributed by atoms with Gasteiger partial charge in [0.25, 0.3) is 0 Å². The molecule has 0 saturated heterocycles. The van der Waals surface area contributed by atoms with Crippen LogP contribution < -0.4 is 0 Å². The smallest absolute Gasteiger partial charge is 0.238 e. The van der Waals surface area contributed by atoms with Gasteiger partial charge in [-0.05, 0) is 22.1 Å². The third-order valence-corrected chi connectivity index (χ3v) is 9.47. The first-order valence-electron chi connectivity index (χ1n) is 15.7. The van der Waals surface area contributed by atoms with Gasteiger partial charge in [0, 0.05) is 38.4 Å². The van der Waals surface area contributed by atoms with E-state index in [9.17, 15) is 0 Å². The first kappa shape index (κ1) is 26.5. The molecule has 2 aromatic heterocycles. The summed E-state index contributed by atoms with van der Waals surface area (Å²) in [5.74, 6) is 1.88. The van der Waals surface area contributed by atoms with Crippen LogP contribution in [0, 0.1) is 0 Å². The molecule has 2 heterocycles. The van der Waals surface area contributed by atoms with Gasteiger partial charge in [-0.3, -0.25) is 4.57 Å². The van der Waals surface area contributed by atoms with Gasteiger partial charge in [0.2, 0.25) is 5.95 Å². The van der Waals surface area contributed by atoms with Crippen LogP contribution in [0.15, 0.2) is 146 Å². The maximum absolute atomic E-state index is 5.27. The molecule has 0 N–H and O–H groups in total. The van der Waals surface area contributed by atoms with Crippen LogP contribution in [0.1, 0.15) is 25.0 Å². The lowest BCUT2D eigenvalue weighted by molar-refractivity contribution is 0.646. The summed E-state index contributed by atoms with van der Waals surface area (Å²) in [6.45, 7) is 4.67. The highest BCUT2D eigenvalue weighted by atomic mass is 15.2. The zero-order valence-corrected chi connectivity index (χ0v) is 25.6. The second-order valence-electron chi connectivity index (χ2n) is 12.5. The summed E-state index contributed by atoms with van der Waals surface area (Å²) in [6.07, 6.45) is 0. The van der Waals surface area contributed by atoms with Crippen LogP contribution in [-0.2, 0) is 5.41 Å². The molecule has 1 aliphatic rings. The summed E-state index contributed by atoms with van der Waals surface area (Å²) < 4.78 is 2.31. The van der Waals surface area contributed by atoms with Crippen molar-refractivity contribution in [1.82, 2.24) is 19.5 Å². The van der Waals surface area contributed by atoms with E-state index in [0.29, 0.717) is 17.6 Å². The minimum Gasteiger partial charge on any atom is -0.277 e. The first-order valence-corrected chi connectivity index (χ1v) is 15.7. The maximum atomic E-state index is 5.27. The normalized spacial score (nSPS) is 13.2. The lowest BCUT2D eigenvalue weighted by Crippen LogP contribution is -2.20. The van der Waals surface area contributed by atoms with Crippen LogP contribution in [-0.4, -0.2) is 19.5 Å². The average Bonchev–Trinajstić information content (AvgIpc) is 3.44. The Morgan fingerprint density at radius 1 is 0.478 bits per heavy atom. The Morgan fingerprint density at radius 2 is 1.02 bits per heavy atom. The summed E-state index contributed by atoms with van der Waals surface area (Å²) in [4.78, 5) is 15.6. The number of hydrogen-bond acceptors (Lipinski definition) is 3. The quantitative estimate of drug-likeness (QED) is 0.206. The van der Waals surface area contributed by atoms with Gasteiger partial charge < -0.3 is 0 Å². The molecular formula is C42H30N4. The maximum Gasteiger partial charge on any atom is 0.238 e. The summed E-state index contributed by atoms with van der Waals surface area (Å²) >= 11 is 0. The second kappa shape index (κ2) is 10.1. The van der Waals surface area contributed by atoms with Crippen molar-refractivity contribution in [3.05, 3.63) is 157 Å². The predicted octanol–water partition coefficient (Wildman–Crippen LogP) is 10.3. The van der Waals surface area contributed by atoms with Gasteiger partial charge >= 0.3 is 0 Å². The van der Waals surface area contributed by atoms with Gasteiger partial charge in [-0.1, -0.05) is 159 Å². The van der Waals surface area contributed by atoms with Crippen molar-refractivity contribution in [2.75, 3.05) is 0 Å². The van der Waals surface area contributed by atoms with Gasteiger partial charge in [-0.25, -0.2) is 4.98 Å². The fraction of sp³-hybridized carbons (Fsp3) is 0.0714. The summed E-state index contributed by atoms with van der Waals surface area (Å²) in [5, 5.41) is 3.51. The van der Waals surface area contributed by atoms with Gasteiger partial charge in [0.15, 0.2) is 11.6 Å². The Bertz CT molecular complexity index is 2380. The van der Waals surface area contributed by atoms with Crippen molar-refractivity contribution < 1.29 is 0 Å². The van der Waals surface area contributed by atoms with Gasteiger partial charge in [-0.2, -0.15) is 9.97 Å². The first-order chi connectivity index (χ1) is 22.6. The molecular weight excluding hydrogens is 560 g/mol. The number of hydrogen-bond donors (Lipinski definition) is 0. The molecule has 0 aliphatic heterocycles. The second-order valence-corrected chi connectivity index (χ2v) is 12.5. The third kappa shape index (κ3) is 3.90. The molecule has 0 amide bonds. The van der Waals surface area contributed by atoms with Gasteiger partial charge in [-0.15, -0.1) is 0 Å². The Morgan fingerprint density at radius 3 is 1.70 bits per heavy atom. The van der Waals surface area contributed by atoms with E-state index in [-0.39, 0.29) is 5.41 Å². The molecule has 0 spiro atoms. The summed E-state index contributed by atoms with van der Waals surface area (Å²) in [7, 11) is 0. The Balaban J connectivity index is 1.50. The van der Waals surface area contributed by atoms with E-state index in [4.69, 9.17) is 15.0 Å². The lowest BCUT2D eigenvalue weighted by atomic mass is 9.75. The SMILES string of the molecule is CC1(C)c2ccccc2-c2c(n(-c3nc(-c4ccccc4)nc(-c4ccccc4)n3)c3c2ccc2ccccc23)-c2ccccc21. The number of nitrogens with zero attached hydrogens (tertiary/aromatic N) is 4. The van der Waals surface area contributed by atoms with Crippen molar-refractivity contribution in [2.45, 2.75) is 19.3 Å². The Hall–Kier alpha value is -5.87. The summed E-state index contributed by atoms with van der Waals surface area (Å²) in [5.41, 5.74) is 10.1. The third-order valence-electron chi connectivity index (χ3n) is 9.47. The zero-order chi connectivity index (χ0) is 30.8. The van der Waals surface area contributed by atoms with E-state index >= 15 is 0 Å². The topological polar surface area (TPSA) is 43.6 Å². The largest absolute Gasteiger partial charge is 0.277 e. The Labute approximate surface area is 267 Å². The van der Waals surface area contributed by atoms with Crippen molar-refractivity contribution in [3.8, 4) is 51.1 Å². The minimum atomic E-state index is -0.232. The molecule has 4 heteroatoms. The summed E-state index contributed by atoms with van der Waals surface area (Å²) in [6, 6.07) is 51.2. The zero-order valence-electron chi connectivity index (χ0n) is 25.6. The highest BCUT2D eigenvalue weighted by Crippen LogP contribution is 2.53. The van der Waals surface area contributed by atoms with Crippen molar-refractivity contribution in [3.63, 3.8) is 0 Å². The molecule has 1 aliphatic carbocycles. The van der Waals surface area contributed by atoms with E-state index in [2.05, 4.69) is 128 Å². The molecule has 218 valence electrons. The Kier molecular flexibility index (Phi) is 5.81. The van der Waals surface area contributed by atoms with Crippen molar-refractivity contribution in [1.29, 1.82) is 0 Å². The molecule has 4 nitrogen and oxygen atoms in total. The van der Waals surface area contributed by atoms with Crippen LogP contribution >= 0.6 is 0 Å². The van der Waals surface area contributed by atoms with Crippen molar-refractivity contribution in [2.24, 2.45) is 0 Å². The number of benzene rings is 6. The fourth-order valence-corrected chi connectivity index (χ4v) is 7.30. The minimum absolute atomic E-state index is 0.232. The molecule has 0 bridgehead atoms. The molecule has 0 unspecified atom stereocenters. The highest BCUT2D eigenvalue weighted by Gasteiger charge is 2.36. The molecule has 0 saturated carbocycles. The van der Waals surface area contributed by atoms with Crippen LogP contribution in [0.3, 0.4) is 0 Å². The van der Waals surface area contributed by atoms with E-state index in [1.54, 1.807) is 0 Å². The molecule has 6 aromatic carbocycles. The lowest BCUT2D eigenvalue weighted by Gasteiger charge is -2.28. The van der Waals surface area contributed by atoms with Gasteiger partial charge in [0.1, 0.15) is 0 Å². The fourth-order valence-electron chi connectivity index (χ4n) is 7.30. The molecule has 8 aromatic rings. The molecule has 0 radical (unpaired) electrons. The van der Waals surface area contributed by atoms with E-state index in [1.165, 1.54) is 38.6 Å². The molecule has 0 atom stereocenters. The van der Waals surface area contributed by atoms with Crippen LogP contribution in [0.25, 0.3) is 72.8 Å². The van der Waals surface area contributed by atoms with Crippen molar-refractivity contribution >= 4 is 21.7 Å². The van der Waals surface area contributed by atoms with Crippen LogP contribution in [0.4, 0.5) is 0 Å². The van der Waals surface area contributed by atoms with E-state index < -0.39 is 0 Å². The molecule has 46 heavy (non-hydrogen) atoms. The predicted molar refractivity (Wildman–Crippen MR) is 188 cm³/mol. The standard InChI is InChI=1S/C42H30N4/c1-42(2)34-23-13-11-21-31(34)36-33-26-25-27-15-9-10-20-30(27)37(33)46(38(36)32-22-12-14-24-35(32)42)41-44-39(28-16-5-3-6-17-28)43-40(45-41)29-18-7-4-8-19-29/h3-26H,1-2H3. The van der Waals surface area contributed by atoms with Crippen LogP contribution in [0.2, 0.25) is 0 Å².